The minimum atomic E-state index is -5.08. The molecule has 0 unspecified atom stereocenters. The van der Waals surface area contributed by atoms with Gasteiger partial charge in [-0.1, -0.05) is 32.6 Å². The molecule has 7 heteroatoms. The number of carboxylic acid groups (broad SMARTS) is 1. The molecule has 0 amide bonds. The molecule has 0 aromatic carbocycles. The van der Waals surface area contributed by atoms with Gasteiger partial charge in [-0.2, -0.15) is 13.2 Å². The molecule has 2 aliphatic rings. The Morgan fingerprint density at radius 2 is 1.75 bits per heavy atom. The van der Waals surface area contributed by atoms with E-state index in [9.17, 15) is 13.2 Å². The Labute approximate surface area is 142 Å². The number of hydrogen-bond donors (Lipinski definition) is 2. The second kappa shape index (κ2) is 10.2. The molecule has 1 aliphatic carbocycles. The van der Waals surface area contributed by atoms with E-state index in [2.05, 4.69) is 12.2 Å². The average molecular weight is 353 g/mol. The van der Waals surface area contributed by atoms with Crippen LogP contribution in [0.1, 0.15) is 64.7 Å². The Bertz CT molecular complexity index is 363. The molecular weight excluding hydrogens is 323 g/mol. The zero-order valence-corrected chi connectivity index (χ0v) is 14.5. The van der Waals surface area contributed by atoms with Crippen molar-refractivity contribution in [1.82, 2.24) is 5.32 Å². The molecule has 0 radical (unpaired) electrons. The molecule has 2 fully saturated rings. The SMILES string of the molecule is CCCCOC1(C2CCCCC2)CCNCC1.O=C(O)C(F)(F)F. The quantitative estimate of drug-likeness (QED) is 0.730. The van der Waals surface area contributed by atoms with Crippen molar-refractivity contribution in [2.45, 2.75) is 76.5 Å². The number of carbonyl (C=O) groups is 1. The van der Waals surface area contributed by atoms with E-state index in [4.69, 9.17) is 14.6 Å². The predicted molar refractivity (Wildman–Crippen MR) is 86.0 cm³/mol. The summed E-state index contributed by atoms with van der Waals surface area (Å²) in [5.74, 6) is -1.91. The van der Waals surface area contributed by atoms with Gasteiger partial charge in [0, 0.05) is 6.61 Å². The zero-order chi connectivity index (χ0) is 18.1. The minimum absolute atomic E-state index is 0.237. The first-order chi connectivity index (χ1) is 11.3. The molecule has 0 spiro atoms. The first-order valence-electron chi connectivity index (χ1n) is 8.96. The van der Waals surface area contributed by atoms with E-state index in [0.29, 0.717) is 0 Å². The van der Waals surface area contributed by atoms with Gasteiger partial charge in [0.25, 0.3) is 0 Å². The van der Waals surface area contributed by atoms with Crippen LogP contribution >= 0.6 is 0 Å². The lowest BCUT2D eigenvalue weighted by molar-refractivity contribution is -0.192. The lowest BCUT2D eigenvalue weighted by Gasteiger charge is -2.45. The molecule has 142 valence electrons. The maximum Gasteiger partial charge on any atom is 0.490 e. The third-order valence-electron chi connectivity index (χ3n) is 4.93. The Balaban J connectivity index is 0.000000351. The second-order valence-corrected chi connectivity index (χ2v) is 6.65. The van der Waals surface area contributed by atoms with E-state index in [0.717, 1.165) is 25.6 Å². The summed E-state index contributed by atoms with van der Waals surface area (Å²) in [5.41, 5.74) is 0.237. The molecule has 1 saturated heterocycles. The van der Waals surface area contributed by atoms with Crippen molar-refractivity contribution in [1.29, 1.82) is 0 Å². The number of nitrogens with one attached hydrogen (secondary N) is 1. The number of ether oxygens (including phenoxy) is 1. The molecule has 0 bridgehead atoms. The van der Waals surface area contributed by atoms with Gasteiger partial charge < -0.3 is 15.2 Å². The number of piperidine rings is 1. The summed E-state index contributed by atoms with van der Waals surface area (Å²) >= 11 is 0. The summed E-state index contributed by atoms with van der Waals surface area (Å²) in [6.07, 6.45) is 6.98. The van der Waals surface area contributed by atoms with Crippen LogP contribution in [0.3, 0.4) is 0 Å². The van der Waals surface area contributed by atoms with Crippen molar-refractivity contribution >= 4 is 5.97 Å². The number of rotatable bonds is 5. The van der Waals surface area contributed by atoms with Gasteiger partial charge in [0.05, 0.1) is 5.60 Å². The molecule has 4 nitrogen and oxygen atoms in total. The predicted octanol–water partition coefficient (Wildman–Crippen LogP) is 4.14. The van der Waals surface area contributed by atoms with Gasteiger partial charge in [0.1, 0.15) is 0 Å². The Morgan fingerprint density at radius 1 is 1.21 bits per heavy atom. The average Bonchev–Trinajstić information content (AvgIpc) is 2.56. The first kappa shape index (κ1) is 21.2. The van der Waals surface area contributed by atoms with Gasteiger partial charge in [-0.3, -0.25) is 0 Å². The standard InChI is InChI=1S/C15H29NO.C2HF3O2/c1-2-3-13-17-15(9-11-16-12-10-15)14-7-5-4-6-8-14;3-2(4,5)1(6)7/h14,16H,2-13H2,1H3;(H,6,7). The molecular formula is C17H30F3NO3. The molecule has 0 aromatic heterocycles. The monoisotopic (exact) mass is 353 g/mol. The molecule has 2 rings (SSSR count). The molecule has 24 heavy (non-hydrogen) atoms. The van der Waals surface area contributed by atoms with Gasteiger partial charge in [-0.05, 0) is 51.1 Å². The van der Waals surface area contributed by atoms with E-state index in [1.165, 1.54) is 57.8 Å². The summed E-state index contributed by atoms with van der Waals surface area (Å²) in [5, 5.41) is 10.6. The summed E-state index contributed by atoms with van der Waals surface area (Å²) < 4.78 is 38.1. The summed E-state index contributed by atoms with van der Waals surface area (Å²) in [6, 6.07) is 0. The zero-order valence-electron chi connectivity index (χ0n) is 14.5. The molecule has 0 aromatic rings. The van der Waals surface area contributed by atoms with Gasteiger partial charge >= 0.3 is 12.1 Å². The fourth-order valence-corrected chi connectivity index (χ4v) is 3.57. The minimum Gasteiger partial charge on any atom is -0.475 e. The maximum absolute atomic E-state index is 10.6. The lowest BCUT2D eigenvalue weighted by Crippen LogP contribution is -2.50. The number of carboxylic acids is 1. The van der Waals surface area contributed by atoms with E-state index in [1.807, 2.05) is 0 Å². The number of aliphatic carboxylic acids is 1. The van der Waals surface area contributed by atoms with Crippen LogP contribution in [0, 0.1) is 5.92 Å². The number of hydrogen-bond acceptors (Lipinski definition) is 3. The smallest absolute Gasteiger partial charge is 0.475 e. The third kappa shape index (κ3) is 6.97. The van der Waals surface area contributed by atoms with Crippen LogP contribution < -0.4 is 5.32 Å². The highest BCUT2D eigenvalue weighted by atomic mass is 19.4. The first-order valence-corrected chi connectivity index (χ1v) is 8.96. The Morgan fingerprint density at radius 3 is 2.21 bits per heavy atom. The van der Waals surface area contributed by atoms with Gasteiger partial charge in [-0.15, -0.1) is 0 Å². The van der Waals surface area contributed by atoms with Gasteiger partial charge in [0.15, 0.2) is 0 Å². The topological polar surface area (TPSA) is 58.6 Å². The van der Waals surface area contributed by atoms with Crippen LogP contribution in [0.2, 0.25) is 0 Å². The van der Waals surface area contributed by atoms with Crippen LogP contribution in [0.25, 0.3) is 0 Å². The van der Waals surface area contributed by atoms with Gasteiger partial charge in [0.2, 0.25) is 0 Å². The number of unbranched alkanes of at least 4 members (excludes halogenated alkanes) is 1. The van der Waals surface area contributed by atoms with Crippen LogP contribution in [-0.4, -0.2) is 42.5 Å². The number of alkyl halides is 3. The van der Waals surface area contributed by atoms with Crippen LogP contribution in [0.5, 0.6) is 0 Å². The van der Waals surface area contributed by atoms with E-state index in [-0.39, 0.29) is 5.60 Å². The summed E-state index contributed by atoms with van der Waals surface area (Å²) in [4.78, 5) is 8.90. The largest absolute Gasteiger partial charge is 0.490 e. The molecule has 1 saturated carbocycles. The Hall–Kier alpha value is -0.820. The van der Waals surface area contributed by atoms with Crippen LogP contribution in [0.4, 0.5) is 13.2 Å². The van der Waals surface area contributed by atoms with Crippen molar-refractivity contribution < 1.29 is 27.8 Å². The normalized spacial score (nSPS) is 21.7. The van der Waals surface area contributed by atoms with Crippen molar-refractivity contribution in [2.75, 3.05) is 19.7 Å². The highest BCUT2D eigenvalue weighted by Crippen LogP contribution is 2.40. The molecule has 1 heterocycles. The van der Waals surface area contributed by atoms with E-state index < -0.39 is 12.1 Å². The van der Waals surface area contributed by atoms with Crippen molar-refractivity contribution in [3.63, 3.8) is 0 Å². The van der Waals surface area contributed by atoms with E-state index >= 15 is 0 Å². The highest BCUT2D eigenvalue weighted by molar-refractivity contribution is 5.73. The van der Waals surface area contributed by atoms with Crippen LogP contribution in [-0.2, 0) is 9.53 Å². The summed E-state index contributed by atoms with van der Waals surface area (Å²) in [7, 11) is 0. The fraction of sp³-hybridized carbons (Fsp3) is 0.941. The lowest BCUT2D eigenvalue weighted by atomic mass is 9.72. The van der Waals surface area contributed by atoms with Gasteiger partial charge in [-0.25, -0.2) is 4.79 Å². The molecule has 1 aliphatic heterocycles. The van der Waals surface area contributed by atoms with Crippen LogP contribution in [0.15, 0.2) is 0 Å². The summed E-state index contributed by atoms with van der Waals surface area (Å²) in [6.45, 7) is 5.54. The fourth-order valence-electron chi connectivity index (χ4n) is 3.57. The number of halogens is 3. The van der Waals surface area contributed by atoms with Crippen molar-refractivity contribution in [2.24, 2.45) is 5.92 Å². The second-order valence-electron chi connectivity index (χ2n) is 6.65. The molecule has 2 N–H and O–H groups in total. The van der Waals surface area contributed by atoms with E-state index in [1.54, 1.807) is 0 Å². The molecule has 0 atom stereocenters. The maximum atomic E-state index is 10.6. The highest BCUT2D eigenvalue weighted by Gasteiger charge is 2.41. The third-order valence-corrected chi connectivity index (χ3v) is 4.93. The van der Waals surface area contributed by atoms with Crippen molar-refractivity contribution in [3.8, 4) is 0 Å². The Kier molecular flexibility index (Phi) is 9.05. The van der Waals surface area contributed by atoms with Crippen molar-refractivity contribution in [3.05, 3.63) is 0 Å².